The number of halogens is 6. The van der Waals surface area contributed by atoms with E-state index < -0.39 is 44.5 Å². The molecule has 1 aromatic rings. The Balaban J connectivity index is 2.76. The molecule has 23 heavy (non-hydrogen) atoms. The zero-order valence-electron chi connectivity index (χ0n) is 11.2. The minimum atomic E-state index is -4.69. The van der Waals surface area contributed by atoms with E-state index in [-0.39, 0.29) is 5.75 Å². The van der Waals surface area contributed by atoms with Crippen LogP contribution in [0.1, 0.15) is 5.56 Å². The van der Waals surface area contributed by atoms with E-state index >= 15 is 0 Å². The summed E-state index contributed by atoms with van der Waals surface area (Å²) in [5, 5.41) is 6.72. The monoisotopic (exact) mass is 355 g/mol. The minimum absolute atomic E-state index is 0.229. The highest BCUT2D eigenvalue weighted by molar-refractivity contribution is 6.31. The second kappa shape index (κ2) is 5.48. The standard InChI is InChI=1S/C13H7ClF5NO3/c1-23-7-4-2-6(3-5-7)8-9(15)13(19,20(21)22)11(17)10(16)12(8,14)18/h2-5H,1H3. The molecule has 10 heteroatoms. The third kappa shape index (κ3) is 2.35. The first-order chi connectivity index (χ1) is 10.6. The topological polar surface area (TPSA) is 52.4 Å². The molecule has 2 atom stereocenters. The molecule has 0 aliphatic heterocycles. The molecule has 0 spiro atoms. The number of methoxy groups -OCH3 is 1. The fourth-order valence-electron chi connectivity index (χ4n) is 2.02. The van der Waals surface area contributed by atoms with Gasteiger partial charge in [-0.1, -0.05) is 23.7 Å². The molecule has 0 amide bonds. The Labute approximate surface area is 130 Å². The summed E-state index contributed by atoms with van der Waals surface area (Å²) in [6.07, 6.45) is 0. The molecular formula is C13H7ClF5NO3. The highest BCUT2D eigenvalue weighted by Gasteiger charge is 2.66. The van der Waals surface area contributed by atoms with Gasteiger partial charge in [0, 0.05) is 0 Å². The van der Waals surface area contributed by atoms with E-state index in [1.807, 2.05) is 0 Å². The number of alkyl halides is 3. The van der Waals surface area contributed by atoms with Crippen LogP contribution in [0.15, 0.2) is 41.7 Å². The predicted octanol–water partition coefficient (Wildman–Crippen LogP) is 4.39. The fourth-order valence-corrected chi connectivity index (χ4v) is 2.29. The Kier molecular flexibility index (Phi) is 4.10. The van der Waals surface area contributed by atoms with Crippen molar-refractivity contribution < 1.29 is 31.6 Å². The molecule has 0 fully saturated rings. The van der Waals surface area contributed by atoms with Crippen LogP contribution < -0.4 is 4.74 Å². The number of nitrogens with zero attached hydrogens (tertiary/aromatic N) is 1. The third-order valence-electron chi connectivity index (χ3n) is 3.21. The van der Waals surface area contributed by atoms with Gasteiger partial charge in [-0.25, -0.2) is 8.78 Å². The summed E-state index contributed by atoms with van der Waals surface area (Å²) in [7, 11) is 1.29. The molecular weight excluding hydrogens is 349 g/mol. The van der Waals surface area contributed by atoms with Gasteiger partial charge < -0.3 is 4.74 Å². The van der Waals surface area contributed by atoms with Crippen molar-refractivity contribution in [2.45, 2.75) is 10.9 Å². The van der Waals surface area contributed by atoms with E-state index in [4.69, 9.17) is 16.3 Å². The van der Waals surface area contributed by atoms with E-state index in [1.54, 1.807) is 0 Å². The van der Waals surface area contributed by atoms with Crippen molar-refractivity contribution in [3.8, 4) is 5.75 Å². The van der Waals surface area contributed by atoms with Crippen molar-refractivity contribution in [3.63, 3.8) is 0 Å². The normalized spacial score (nSPS) is 28.1. The lowest BCUT2D eigenvalue weighted by atomic mass is 9.90. The Morgan fingerprint density at radius 3 is 2.04 bits per heavy atom. The molecule has 0 heterocycles. The summed E-state index contributed by atoms with van der Waals surface area (Å²) in [5.74, 6) is -12.4. The SMILES string of the molecule is COc1ccc(C2=C(F)C(F)([N+](=O)[O-])C(F)=C(F)C2(F)Cl)cc1. The van der Waals surface area contributed by atoms with Crippen LogP contribution in [-0.4, -0.2) is 23.0 Å². The van der Waals surface area contributed by atoms with Gasteiger partial charge in [-0.05, 0) is 17.7 Å². The van der Waals surface area contributed by atoms with Crippen molar-refractivity contribution in [1.29, 1.82) is 0 Å². The molecule has 1 aliphatic rings. The van der Waals surface area contributed by atoms with E-state index in [1.165, 1.54) is 19.2 Å². The summed E-state index contributed by atoms with van der Waals surface area (Å²) in [4.78, 5) is 8.61. The van der Waals surface area contributed by atoms with Crippen LogP contribution in [0.25, 0.3) is 5.57 Å². The van der Waals surface area contributed by atoms with Crippen LogP contribution in [0.5, 0.6) is 5.75 Å². The first kappa shape index (κ1) is 17.2. The van der Waals surface area contributed by atoms with Gasteiger partial charge in [0.15, 0.2) is 5.83 Å². The Bertz CT molecular complexity index is 732. The fraction of sp³-hybridized carbons (Fsp3) is 0.231. The maximum atomic E-state index is 14.3. The number of benzene rings is 1. The van der Waals surface area contributed by atoms with E-state index in [2.05, 4.69) is 0 Å². The van der Waals surface area contributed by atoms with Crippen LogP contribution in [-0.2, 0) is 0 Å². The summed E-state index contributed by atoms with van der Waals surface area (Å²) in [5.41, 5.74) is -2.05. The lowest BCUT2D eigenvalue weighted by Gasteiger charge is -2.28. The minimum Gasteiger partial charge on any atom is -0.497 e. The molecule has 0 saturated heterocycles. The van der Waals surface area contributed by atoms with Crippen molar-refractivity contribution in [2.24, 2.45) is 0 Å². The molecule has 2 rings (SSSR count). The van der Waals surface area contributed by atoms with Gasteiger partial charge in [-0.3, -0.25) is 10.1 Å². The summed E-state index contributed by atoms with van der Waals surface area (Å²) in [6.45, 7) is 0. The van der Waals surface area contributed by atoms with Crippen molar-refractivity contribution in [1.82, 2.24) is 0 Å². The highest BCUT2D eigenvalue weighted by atomic mass is 35.5. The van der Waals surface area contributed by atoms with Crippen molar-refractivity contribution >= 4 is 17.2 Å². The smallest absolute Gasteiger partial charge is 0.465 e. The van der Waals surface area contributed by atoms with Crippen molar-refractivity contribution in [2.75, 3.05) is 7.11 Å². The average molecular weight is 356 g/mol. The van der Waals surface area contributed by atoms with Gasteiger partial charge in [0.2, 0.25) is 5.83 Å². The van der Waals surface area contributed by atoms with E-state index in [0.717, 1.165) is 12.1 Å². The second-order valence-electron chi connectivity index (χ2n) is 4.50. The second-order valence-corrected chi connectivity index (χ2v) is 5.02. The molecule has 0 radical (unpaired) electrons. The van der Waals surface area contributed by atoms with E-state index in [9.17, 15) is 32.1 Å². The van der Waals surface area contributed by atoms with Crippen LogP contribution in [0.4, 0.5) is 22.0 Å². The highest BCUT2D eigenvalue weighted by Crippen LogP contribution is 2.54. The van der Waals surface area contributed by atoms with Gasteiger partial charge in [-0.15, -0.1) is 0 Å². The van der Waals surface area contributed by atoms with E-state index in [0.29, 0.717) is 0 Å². The molecule has 4 nitrogen and oxygen atoms in total. The average Bonchev–Trinajstić information content (AvgIpc) is 2.51. The molecule has 1 aromatic carbocycles. The van der Waals surface area contributed by atoms with Crippen LogP contribution in [0.3, 0.4) is 0 Å². The Morgan fingerprint density at radius 1 is 1.09 bits per heavy atom. The van der Waals surface area contributed by atoms with Gasteiger partial charge in [0.05, 0.1) is 17.6 Å². The van der Waals surface area contributed by atoms with Crippen molar-refractivity contribution in [3.05, 3.63) is 57.4 Å². The van der Waals surface area contributed by atoms with Crippen LogP contribution in [0, 0.1) is 10.1 Å². The number of rotatable bonds is 3. The number of nitro groups is 1. The quantitative estimate of drug-likeness (QED) is 0.266. The summed E-state index contributed by atoms with van der Waals surface area (Å²) in [6, 6.07) is 4.26. The molecule has 0 aromatic heterocycles. The van der Waals surface area contributed by atoms with Gasteiger partial charge >= 0.3 is 5.79 Å². The zero-order valence-corrected chi connectivity index (χ0v) is 12.0. The number of hydrogen-bond donors (Lipinski definition) is 0. The molecule has 0 saturated carbocycles. The molecule has 124 valence electrons. The summed E-state index contributed by atoms with van der Waals surface area (Å²) < 4.78 is 74.6. The molecule has 2 unspecified atom stereocenters. The Hall–Kier alpha value is -2.16. The number of ether oxygens (including phenoxy) is 1. The zero-order chi connectivity index (χ0) is 17.6. The summed E-state index contributed by atoms with van der Waals surface area (Å²) >= 11 is 5.16. The van der Waals surface area contributed by atoms with Gasteiger partial charge in [-0.2, -0.15) is 13.2 Å². The molecule has 0 bridgehead atoms. The lowest BCUT2D eigenvalue weighted by Crippen LogP contribution is -2.42. The first-order valence-corrected chi connectivity index (χ1v) is 6.28. The maximum Gasteiger partial charge on any atom is 0.465 e. The largest absolute Gasteiger partial charge is 0.497 e. The maximum absolute atomic E-state index is 14.3. The lowest BCUT2D eigenvalue weighted by molar-refractivity contribution is -0.587. The Morgan fingerprint density at radius 2 is 1.61 bits per heavy atom. The van der Waals surface area contributed by atoms with Crippen LogP contribution >= 0.6 is 11.6 Å². The van der Waals surface area contributed by atoms with Gasteiger partial charge in [0.25, 0.3) is 11.0 Å². The van der Waals surface area contributed by atoms with Gasteiger partial charge in [0.1, 0.15) is 5.75 Å². The third-order valence-corrected chi connectivity index (χ3v) is 3.57. The molecule has 1 aliphatic carbocycles. The predicted molar refractivity (Wildman–Crippen MR) is 70.8 cm³/mol. The number of allylic oxidation sites excluding steroid dienone is 2. The van der Waals surface area contributed by atoms with Crippen LogP contribution in [0.2, 0.25) is 0 Å². The number of hydrogen-bond acceptors (Lipinski definition) is 3. The first-order valence-electron chi connectivity index (χ1n) is 5.91. The molecule has 0 N–H and O–H groups in total.